The van der Waals surface area contributed by atoms with Crippen molar-refractivity contribution in [3.05, 3.63) is 24.2 Å². The first-order valence-corrected chi connectivity index (χ1v) is 4.10. The van der Waals surface area contributed by atoms with Crippen LogP contribution in [-0.4, -0.2) is 6.54 Å². The first-order valence-electron chi connectivity index (χ1n) is 4.10. The molecule has 0 saturated carbocycles. The fourth-order valence-electron chi connectivity index (χ4n) is 1.00. The molecule has 1 rings (SSSR count). The highest BCUT2D eigenvalue weighted by atomic mass is 16.3. The SMILES string of the molecule is C#CC(NCCC)c1ccoc1. The maximum Gasteiger partial charge on any atom is 0.0974 e. The van der Waals surface area contributed by atoms with Crippen molar-refractivity contribution in [2.24, 2.45) is 0 Å². The smallest absolute Gasteiger partial charge is 0.0974 e. The number of hydrogen-bond acceptors (Lipinski definition) is 2. The number of hydrogen-bond donors (Lipinski definition) is 1. The zero-order valence-corrected chi connectivity index (χ0v) is 7.21. The zero-order chi connectivity index (χ0) is 8.81. The van der Waals surface area contributed by atoms with Crippen LogP contribution in [0, 0.1) is 12.3 Å². The van der Waals surface area contributed by atoms with E-state index in [1.54, 1.807) is 12.5 Å². The summed E-state index contributed by atoms with van der Waals surface area (Å²) >= 11 is 0. The summed E-state index contributed by atoms with van der Waals surface area (Å²) in [6.07, 6.45) is 9.74. The van der Waals surface area contributed by atoms with Gasteiger partial charge < -0.3 is 4.42 Å². The van der Waals surface area contributed by atoms with Crippen LogP contribution < -0.4 is 5.32 Å². The van der Waals surface area contributed by atoms with Gasteiger partial charge in [0.2, 0.25) is 0 Å². The van der Waals surface area contributed by atoms with Gasteiger partial charge in [-0.3, -0.25) is 5.32 Å². The van der Waals surface area contributed by atoms with Gasteiger partial charge in [-0.05, 0) is 19.0 Å². The van der Waals surface area contributed by atoms with E-state index in [9.17, 15) is 0 Å². The summed E-state index contributed by atoms with van der Waals surface area (Å²) in [5.41, 5.74) is 1.02. The number of terminal acetylenes is 1. The summed E-state index contributed by atoms with van der Waals surface area (Å²) in [6.45, 7) is 3.04. The molecule has 0 aliphatic heterocycles. The Morgan fingerprint density at radius 3 is 3.08 bits per heavy atom. The van der Waals surface area contributed by atoms with Crippen molar-refractivity contribution in [3.63, 3.8) is 0 Å². The normalized spacial score (nSPS) is 12.3. The molecular weight excluding hydrogens is 150 g/mol. The summed E-state index contributed by atoms with van der Waals surface area (Å²) in [5, 5.41) is 3.23. The Morgan fingerprint density at radius 1 is 1.75 bits per heavy atom. The predicted octanol–water partition coefficient (Wildman–Crippen LogP) is 1.95. The topological polar surface area (TPSA) is 25.2 Å². The Morgan fingerprint density at radius 2 is 2.58 bits per heavy atom. The van der Waals surface area contributed by atoms with E-state index in [0.717, 1.165) is 18.5 Å². The van der Waals surface area contributed by atoms with Crippen molar-refractivity contribution in [2.45, 2.75) is 19.4 Å². The van der Waals surface area contributed by atoms with E-state index >= 15 is 0 Å². The van der Waals surface area contributed by atoms with Crippen LogP contribution in [0.15, 0.2) is 23.0 Å². The van der Waals surface area contributed by atoms with Crippen LogP contribution in [0.5, 0.6) is 0 Å². The minimum Gasteiger partial charge on any atom is -0.472 e. The first kappa shape index (κ1) is 8.89. The lowest BCUT2D eigenvalue weighted by Crippen LogP contribution is -2.19. The molecule has 1 aromatic rings. The van der Waals surface area contributed by atoms with Crippen LogP contribution in [0.3, 0.4) is 0 Å². The van der Waals surface area contributed by atoms with Gasteiger partial charge in [-0.25, -0.2) is 0 Å². The average Bonchev–Trinajstić information content (AvgIpc) is 2.59. The number of furan rings is 1. The Hall–Kier alpha value is -1.20. The number of rotatable bonds is 4. The van der Waals surface area contributed by atoms with Crippen molar-refractivity contribution in [1.82, 2.24) is 5.32 Å². The van der Waals surface area contributed by atoms with E-state index in [0.29, 0.717) is 0 Å². The molecule has 1 unspecified atom stereocenters. The molecule has 64 valence electrons. The second-order valence-electron chi connectivity index (χ2n) is 2.61. The summed E-state index contributed by atoms with van der Waals surface area (Å²) in [4.78, 5) is 0. The largest absolute Gasteiger partial charge is 0.472 e. The van der Waals surface area contributed by atoms with E-state index in [1.807, 2.05) is 6.07 Å². The van der Waals surface area contributed by atoms with Crippen molar-refractivity contribution in [1.29, 1.82) is 0 Å². The van der Waals surface area contributed by atoms with Gasteiger partial charge in [0.25, 0.3) is 0 Å². The Bertz CT molecular complexity index is 245. The highest BCUT2D eigenvalue weighted by Gasteiger charge is 2.06. The molecule has 2 heteroatoms. The van der Waals surface area contributed by atoms with E-state index in [4.69, 9.17) is 10.8 Å². The van der Waals surface area contributed by atoms with Crippen LogP contribution in [0.4, 0.5) is 0 Å². The third kappa shape index (κ3) is 2.14. The van der Waals surface area contributed by atoms with Gasteiger partial charge in [0.05, 0.1) is 18.6 Å². The van der Waals surface area contributed by atoms with Crippen molar-refractivity contribution in [3.8, 4) is 12.3 Å². The Kier molecular flexibility index (Phi) is 3.43. The molecule has 0 fully saturated rings. The van der Waals surface area contributed by atoms with Gasteiger partial charge >= 0.3 is 0 Å². The summed E-state index contributed by atoms with van der Waals surface area (Å²) in [7, 11) is 0. The van der Waals surface area contributed by atoms with Gasteiger partial charge in [-0.15, -0.1) is 6.42 Å². The standard InChI is InChI=1S/C10H13NO/c1-3-6-11-10(4-2)9-5-7-12-8-9/h2,5,7-8,10-11H,3,6H2,1H3. The molecule has 12 heavy (non-hydrogen) atoms. The molecule has 0 spiro atoms. The molecule has 1 aromatic heterocycles. The van der Waals surface area contributed by atoms with Crippen LogP contribution in [-0.2, 0) is 0 Å². The lowest BCUT2D eigenvalue weighted by Gasteiger charge is -2.08. The van der Waals surface area contributed by atoms with Crippen LogP contribution >= 0.6 is 0 Å². The highest BCUT2D eigenvalue weighted by molar-refractivity contribution is 5.20. The average molecular weight is 163 g/mol. The monoisotopic (exact) mass is 163 g/mol. The van der Waals surface area contributed by atoms with Gasteiger partial charge in [0.1, 0.15) is 0 Å². The molecule has 0 aliphatic rings. The molecule has 0 aliphatic carbocycles. The van der Waals surface area contributed by atoms with Crippen LogP contribution in [0.1, 0.15) is 24.9 Å². The Labute approximate surface area is 73.0 Å². The first-order chi connectivity index (χ1) is 5.88. The lowest BCUT2D eigenvalue weighted by atomic mass is 10.1. The molecule has 1 N–H and O–H groups in total. The maximum absolute atomic E-state index is 5.35. The van der Waals surface area contributed by atoms with E-state index in [2.05, 4.69) is 18.2 Å². The molecule has 1 heterocycles. The summed E-state index contributed by atoms with van der Waals surface area (Å²) in [5.74, 6) is 2.67. The molecule has 2 nitrogen and oxygen atoms in total. The summed E-state index contributed by atoms with van der Waals surface area (Å²) in [6, 6.07) is 1.87. The summed E-state index contributed by atoms with van der Waals surface area (Å²) < 4.78 is 4.94. The van der Waals surface area contributed by atoms with E-state index in [-0.39, 0.29) is 6.04 Å². The fourth-order valence-corrected chi connectivity index (χ4v) is 1.00. The second kappa shape index (κ2) is 4.63. The third-order valence-corrected chi connectivity index (χ3v) is 1.64. The zero-order valence-electron chi connectivity index (χ0n) is 7.21. The van der Waals surface area contributed by atoms with Gasteiger partial charge in [0, 0.05) is 5.56 Å². The van der Waals surface area contributed by atoms with Crippen molar-refractivity contribution >= 4 is 0 Å². The molecule has 0 aromatic carbocycles. The van der Waals surface area contributed by atoms with Gasteiger partial charge in [-0.2, -0.15) is 0 Å². The fraction of sp³-hybridized carbons (Fsp3) is 0.400. The van der Waals surface area contributed by atoms with Crippen molar-refractivity contribution < 1.29 is 4.42 Å². The molecular formula is C10H13NO. The predicted molar refractivity (Wildman–Crippen MR) is 48.6 cm³/mol. The molecule has 0 bridgehead atoms. The quantitative estimate of drug-likeness (QED) is 0.686. The molecule has 1 atom stereocenters. The maximum atomic E-state index is 5.35. The van der Waals surface area contributed by atoms with E-state index < -0.39 is 0 Å². The Balaban J connectivity index is 2.53. The minimum atomic E-state index is -0.0105. The van der Waals surface area contributed by atoms with E-state index in [1.165, 1.54) is 0 Å². The van der Waals surface area contributed by atoms with Gasteiger partial charge in [-0.1, -0.05) is 12.8 Å². The van der Waals surface area contributed by atoms with Crippen molar-refractivity contribution in [2.75, 3.05) is 6.54 Å². The lowest BCUT2D eigenvalue weighted by molar-refractivity contribution is 0.554. The highest BCUT2D eigenvalue weighted by Crippen LogP contribution is 2.11. The second-order valence-corrected chi connectivity index (χ2v) is 2.61. The number of nitrogens with one attached hydrogen (secondary N) is 1. The molecule has 0 amide bonds. The third-order valence-electron chi connectivity index (χ3n) is 1.64. The molecule has 0 radical (unpaired) electrons. The van der Waals surface area contributed by atoms with Crippen LogP contribution in [0.2, 0.25) is 0 Å². The minimum absolute atomic E-state index is 0.0105. The van der Waals surface area contributed by atoms with Gasteiger partial charge in [0.15, 0.2) is 0 Å². The van der Waals surface area contributed by atoms with Crippen LogP contribution in [0.25, 0.3) is 0 Å². The molecule has 0 saturated heterocycles.